The Morgan fingerprint density at radius 2 is 1.92 bits per heavy atom. The molecule has 0 amide bonds. The van der Waals surface area contributed by atoms with E-state index in [0.717, 1.165) is 30.7 Å². The maximum Gasteiger partial charge on any atom is 0.0694 e. The lowest BCUT2D eigenvalue weighted by Crippen LogP contribution is -2.11. The van der Waals surface area contributed by atoms with Crippen LogP contribution in [0, 0.1) is 0 Å². The Labute approximate surface area is 153 Å². The van der Waals surface area contributed by atoms with Crippen LogP contribution in [0.3, 0.4) is 0 Å². The van der Waals surface area contributed by atoms with Crippen molar-refractivity contribution in [2.45, 2.75) is 12.8 Å². The quantitative estimate of drug-likeness (QED) is 0.681. The topological polar surface area (TPSA) is 41.0 Å². The van der Waals surface area contributed by atoms with Gasteiger partial charge in [0.1, 0.15) is 0 Å². The van der Waals surface area contributed by atoms with Crippen LogP contribution in [0.15, 0.2) is 65.6 Å². The summed E-state index contributed by atoms with van der Waals surface area (Å²) < 4.78 is 0. The number of nitrogens with zero attached hydrogens (tertiary/aromatic N) is 2. The van der Waals surface area contributed by atoms with E-state index in [1.54, 1.807) is 6.20 Å². The van der Waals surface area contributed by atoms with Crippen LogP contribution in [0.25, 0.3) is 17.0 Å². The van der Waals surface area contributed by atoms with Gasteiger partial charge in [0.15, 0.2) is 0 Å². The van der Waals surface area contributed by atoms with Gasteiger partial charge < -0.3 is 4.98 Å². The zero-order valence-electron chi connectivity index (χ0n) is 13.1. The largest absolute Gasteiger partial charge is 0.361 e. The van der Waals surface area contributed by atoms with Gasteiger partial charge in [-0.25, -0.2) is 0 Å². The molecule has 1 aliphatic heterocycles. The first-order valence-electron chi connectivity index (χ1n) is 7.64. The monoisotopic (exact) mass is 359 g/mol. The van der Waals surface area contributed by atoms with Gasteiger partial charge >= 0.3 is 0 Å². The Bertz CT molecular complexity index is 866. The molecule has 0 aliphatic carbocycles. The Kier molecular flexibility index (Phi) is 6.18. The SMILES string of the molecule is C(=C1CCCN=C1c1cccnc1)c1c[nH]c2ccccc12.Cl.Cl. The Morgan fingerprint density at radius 1 is 1.04 bits per heavy atom. The fraction of sp³-hybridized carbons (Fsp3) is 0.158. The predicted molar refractivity (Wildman–Crippen MR) is 106 cm³/mol. The van der Waals surface area contributed by atoms with Crippen molar-refractivity contribution < 1.29 is 0 Å². The minimum Gasteiger partial charge on any atom is -0.361 e. The number of aromatic nitrogens is 2. The van der Waals surface area contributed by atoms with Crippen LogP contribution >= 0.6 is 24.8 Å². The molecule has 3 nitrogen and oxygen atoms in total. The van der Waals surface area contributed by atoms with Gasteiger partial charge in [-0.1, -0.05) is 18.2 Å². The molecule has 1 aliphatic rings. The third-order valence-corrected chi connectivity index (χ3v) is 4.06. The molecule has 0 saturated carbocycles. The molecule has 0 saturated heterocycles. The van der Waals surface area contributed by atoms with Crippen LogP contribution in [0.2, 0.25) is 0 Å². The highest BCUT2D eigenvalue weighted by atomic mass is 35.5. The fourth-order valence-electron chi connectivity index (χ4n) is 3.00. The van der Waals surface area contributed by atoms with E-state index in [4.69, 9.17) is 4.99 Å². The highest BCUT2D eigenvalue weighted by Gasteiger charge is 2.14. The molecule has 3 aromatic rings. The molecule has 0 bridgehead atoms. The molecule has 124 valence electrons. The number of H-pyrrole nitrogens is 1. The molecule has 0 radical (unpaired) electrons. The van der Waals surface area contributed by atoms with Gasteiger partial charge in [0.2, 0.25) is 0 Å². The van der Waals surface area contributed by atoms with Crippen LogP contribution in [0.5, 0.6) is 0 Å². The van der Waals surface area contributed by atoms with E-state index in [1.165, 1.54) is 22.0 Å². The van der Waals surface area contributed by atoms with E-state index in [9.17, 15) is 0 Å². The molecule has 2 aromatic heterocycles. The molecule has 4 rings (SSSR count). The maximum absolute atomic E-state index is 4.74. The summed E-state index contributed by atoms with van der Waals surface area (Å²) in [5.41, 5.74) is 5.89. The van der Waals surface area contributed by atoms with Gasteiger partial charge in [-0.15, -0.1) is 24.8 Å². The lowest BCUT2D eigenvalue weighted by Gasteiger charge is -2.16. The first kappa shape index (κ1) is 18.2. The van der Waals surface area contributed by atoms with Crippen molar-refractivity contribution in [1.29, 1.82) is 0 Å². The van der Waals surface area contributed by atoms with Gasteiger partial charge in [-0.2, -0.15) is 0 Å². The summed E-state index contributed by atoms with van der Waals surface area (Å²) in [6.07, 6.45) is 10.2. The highest BCUT2D eigenvalue weighted by molar-refractivity contribution is 6.15. The smallest absolute Gasteiger partial charge is 0.0694 e. The minimum absolute atomic E-state index is 0. The third kappa shape index (κ3) is 3.53. The summed E-state index contributed by atoms with van der Waals surface area (Å²) in [5, 5.41) is 1.26. The molecule has 0 fully saturated rings. The van der Waals surface area contributed by atoms with Crippen LogP contribution < -0.4 is 0 Å². The van der Waals surface area contributed by atoms with Crippen molar-refractivity contribution in [3.63, 3.8) is 0 Å². The number of hydrogen-bond donors (Lipinski definition) is 1. The molecule has 1 aromatic carbocycles. The number of aromatic amines is 1. The van der Waals surface area contributed by atoms with E-state index < -0.39 is 0 Å². The highest BCUT2D eigenvalue weighted by Crippen LogP contribution is 2.25. The van der Waals surface area contributed by atoms with E-state index in [0.29, 0.717) is 0 Å². The second kappa shape index (κ2) is 8.13. The van der Waals surface area contributed by atoms with E-state index in [1.807, 2.05) is 12.3 Å². The summed E-state index contributed by atoms with van der Waals surface area (Å²) >= 11 is 0. The van der Waals surface area contributed by atoms with Crippen molar-refractivity contribution >= 4 is 47.5 Å². The van der Waals surface area contributed by atoms with Crippen LogP contribution in [0.4, 0.5) is 0 Å². The standard InChI is InChI=1S/C19H17N3.2ClH/c1-2-8-18-17(7-1)16(13-22-18)11-14-5-4-10-21-19(14)15-6-3-9-20-12-15;;/h1-3,6-9,11-13,22H,4-5,10H2;2*1H. The number of rotatable bonds is 2. The number of halogens is 2. The molecule has 0 spiro atoms. The number of aliphatic imine (C=N–C) groups is 1. The predicted octanol–water partition coefficient (Wildman–Crippen LogP) is 5.07. The number of pyridine rings is 1. The molecular formula is C19H19Cl2N3. The molecule has 24 heavy (non-hydrogen) atoms. The number of hydrogen-bond acceptors (Lipinski definition) is 2. The zero-order chi connectivity index (χ0) is 14.8. The first-order valence-corrected chi connectivity index (χ1v) is 7.64. The summed E-state index contributed by atoms with van der Waals surface area (Å²) in [5.74, 6) is 0. The van der Waals surface area contributed by atoms with Gasteiger partial charge in [-0.3, -0.25) is 9.98 Å². The molecule has 0 atom stereocenters. The number of fused-ring (bicyclic) bond motifs is 1. The molecular weight excluding hydrogens is 341 g/mol. The summed E-state index contributed by atoms with van der Waals surface area (Å²) in [4.78, 5) is 12.3. The molecule has 1 N–H and O–H groups in total. The zero-order valence-corrected chi connectivity index (χ0v) is 14.7. The number of allylic oxidation sites excluding steroid dienone is 1. The average molecular weight is 360 g/mol. The second-order valence-corrected chi connectivity index (χ2v) is 5.53. The van der Waals surface area contributed by atoms with Gasteiger partial charge in [-0.05, 0) is 42.7 Å². The van der Waals surface area contributed by atoms with E-state index in [-0.39, 0.29) is 24.8 Å². The summed E-state index contributed by atoms with van der Waals surface area (Å²) in [7, 11) is 0. The van der Waals surface area contributed by atoms with Crippen LogP contribution in [-0.4, -0.2) is 22.2 Å². The van der Waals surface area contributed by atoms with Gasteiger partial charge in [0.25, 0.3) is 0 Å². The van der Waals surface area contributed by atoms with Crippen LogP contribution in [0.1, 0.15) is 24.0 Å². The fourth-order valence-corrected chi connectivity index (χ4v) is 3.00. The van der Waals surface area contributed by atoms with E-state index >= 15 is 0 Å². The first-order chi connectivity index (χ1) is 10.9. The third-order valence-electron chi connectivity index (χ3n) is 4.06. The van der Waals surface area contributed by atoms with Crippen molar-refractivity contribution in [1.82, 2.24) is 9.97 Å². The Morgan fingerprint density at radius 3 is 2.75 bits per heavy atom. The van der Waals surface area contributed by atoms with Crippen molar-refractivity contribution in [3.8, 4) is 0 Å². The van der Waals surface area contributed by atoms with Crippen molar-refractivity contribution in [2.75, 3.05) is 6.54 Å². The van der Waals surface area contributed by atoms with E-state index in [2.05, 4.69) is 52.6 Å². The minimum atomic E-state index is 0. The van der Waals surface area contributed by atoms with Crippen molar-refractivity contribution in [3.05, 3.63) is 71.7 Å². The van der Waals surface area contributed by atoms with Gasteiger partial charge in [0, 0.05) is 47.2 Å². The summed E-state index contributed by atoms with van der Waals surface area (Å²) in [6.45, 7) is 0.898. The molecule has 5 heteroatoms. The normalized spacial score (nSPS) is 15.5. The number of para-hydroxylation sites is 1. The van der Waals surface area contributed by atoms with Crippen molar-refractivity contribution in [2.24, 2.45) is 4.99 Å². The second-order valence-electron chi connectivity index (χ2n) is 5.53. The average Bonchev–Trinajstić information content (AvgIpc) is 2.99. The lowest BCUT2D eigenvalue weighted by atomic mass is 9.95. The Balaban J connectivity index is 0.00000104. The number of benzene rings is 1. The van der Waals surface area contributed by atoms with Crippen LogP contribution in [-0.2, 0) is 0 Å². The number of nitrogens with one attached hydrogen (secondary N) is 1. The lowest BCUT2D eigenvalue weighted by molar-refractivity contribution is 0.818. The molecule has 0 unspecified atom stereocenters. The molecule has 3 heterocycles. The van der Waals surface area contributed by atoms with Gasteiger partial charge in [0.05, 0.1) is 5.71 Å². The summed E-state index contributed by atoms with van der Waals surface area (Å²) in [6, 6.07) is 12.4. The maximum atomic E-state index is 4.74. The Hall–Kier alpha value is -2.10.